The van der Waals surface area contributed by atoms with Gasteiger partial charge in [-0.15, -0.1) is 11.8 Å². The van der Waals surface area contributed by atoms with Gasteiger partial charge in [0.15, 0.2) is 9.84 Å². The van der Waals surface area contributed by atoms with E-state index in [2.05, 4.69) is 0 Å². The summed E-state index contributed by atoms with van der Waals surface area (Å²) < 4.78 is 22.9. The number of sulfone groups is 1. The number of amides is 1. The molecule has 1 atom stereocenters. The summed E-state index contributed by atoms with van der Waals surface area (Å²) in [4.78, 5) is 14.7. The van der Waals surface area contributed by atoms with Crippen molar-refractivity contribution in [2.24, 2.45) is 0 Å². The summed E-state index contributed by atoms with van der Waals surface area (Å²) in [5, 5.41) is 0. The molecule has 1 fully saturated rings. The average Bonchev–Trinajstić information content (AvgIpc) is 2.77. The van der Waals surface area contributed by atoms with Crippen LogP contribution in [-0.2, 0) is 14.6 Å². The molecule has 0 spiro atoms. The molecule has 0 aromatic heterocycles. The van der Waals surface area contributed by atoms with Crippen LogP contribution >= 0.6 is 11.8 Å². The van der Waals surface area contributed by atoms with E-state index in [0.717, 1.165) is 4.90 Å². The molecule has 2 rings (SSSR count). The van der Waals surface area contributed by atoms with Crippen LogP contribution in [0.4, 0.5) is 0 Å². The highest BCUT2D eigenvalue weighted by atomic mass is 32.2. The van der Waals surface area contributed by atoms with E-state index in [1.165, 1.54) is 17.3 Å². The van der Waals surface area contributed by atoms with E-state index in [-0.39, 0.29) is 23.5 Å². The molecule has 0 N–H and O–H groups in total. The van der Waals surface area contributed by atoms with Crippen molar-refractivity contribution in [3.8, 4) is 0 Å². The Morgan fingerprint density at radius 3 is 2.55 bits per heavy atom. The van der Waals surface area contributed by atoms with Crippen LogP contribution in [0.5, 0.6) is 0 Å². The SMILES string of the molecule is Cc1ccc(SCC(=O)N(C)C2CCS(=O)(=O)C2)cc1. The molecule has 1 unspecified atom stereocenters. The first-order valence-electron chi connectivity index (χ1n) is 6.53. The molecular weight excluding hydrogens is 294 g/mol. The Bertz CT molecular complexity index is 581. The van der Waals surface area contributed by atoms with Crippen LogP contribution in [0.3, 0.4) is 0 Å². The molecule has 0 aliphatic carbocycles. The lowest BCUT2D eigenvalue weighted by molar-refractivity contribution is -0.128. The van der Waals surface area contributed by atoms with Crippen molar-refractivity contribution < 1.29 is 13.2 Å². The highest BCUT2D eigenvalue weighted by Gasteiger charge is 2.32. The minimum absolute atomic E-state index is 0.0160. The first kappa shape index (κ1) is 15.4. The van der Waals surface area contributed by atoms with E-state index in [1.807, 2.05) is 31.2 Å². The minimum atomic E-state index is -2.95. The molecule has 1 saturated heterocycles. The normalized spacial score (nSPS) is 20.8. The highest BCUT2D eigenvalue weighted by molar-refractivity contribution is 8.00. The maximum absolute atomic E-state index is 12.1. The van der Waals surface area contributed by atoms with Gasteiger partial charge in [-0.2, -0.15) is 0 Å². The highest BCUT2D eigenvalue weighted by Crippen LogP contribution is 2.21. The second-order valence-electron chi connectivity index (χ2n) is 5.16. The zero-order valence-corrected chi connectivity index (χ0v) is 13.3. The van der Waals surface area contributed by atoms with Crippen LogP contribution in [0.25, 0.3) is 0 Å². The van der Waals surface area contributed by atoms with Crippen LogP contribution < -0.4 is 0 Å². The fourth-order valence-corrected chi connectivity index (χ4v) is 4.76. The molecule has 1 aromatic rings. The molecule has 1 heterocycles. The second kappa shape index (κ2) is 6.18. The zero-order valence-electron chi connectivity index (χ0n) is 11.7. The number of carbonyl (C=O) groups is 1. The molecule has 1 aromatic carbocycles. The van der Waals surface area contributed by atoms with Gasteiger partial charge in [0, 0.05) is 18.0 Å². The molecule has 20 heavy (non-hydrogen) atoms. The lowest BCUT2D eigenvalue weighted by Gasteiger charge is -2.23. The Morgan fingerprint density at radius 2 is 2.00 bits per heavy atom. The summed E-state index contributed by atoms with van der Waals surface area (Å²) in [5.74, 6) is 0.624. The van der Waals surface area contributed by atoms with Crippen molar-refractivity contribution in [3.63, 3.8) is 0 Å². The van der Waals surface area contributed by atoms with Crippen molar-refractivity contribution in [2.45, 2.75) is 24.3 Å². The van der Waals surface area contributed by atoms with Crippen LogP contribution in [0, 0.1) is 6.92 Å². The van der Waals surface area contributed by atoms with E-state index in [0.29, 0.717) is 12.2 Å². The summed E-state index contributed by atoms with van der Waals surface area (Å²) in [6, 6.07) is 7.85. The second-order valence-corrected chi connectivity index (χ2v) is 8.44. The summed E-state index contributed by atoms with van der Waals surface area (Å²) in [5.41, 5.74) is 1.19. The minimum Gasteiger partial charge on any atom is -0.341 e. The lowest BCUT2D eigenvalue weighted by Crippen LogP contribution is -2.38. The average molecular weight is 313 g/mol. The quantitative estimate of drug-likeness (QED) is 0.795. The van der Waals surface area contributed by atoms with Crippen molar-refractivity contribution >= 4 is 27.5 Å². The monoisotopic (exact) mass is 313 g/mol. The summed E-state index contributed by atoms with van der Waals surface area (Å²) >= 11 is 1.48. The van der Waals surface area contributed by atoms with Crippen molar-refractivity contribution in [2.75, 3.05) is 24.3 Å². The van der Waals surface area contributed by atoms with Gasteiger partial charge in [0.05, 0.1) is 17.3 Å². The number of hydrogen-bond donors (Lipinski definition) is 0. The Hall–Kier alpha value is -1.01. The smallest absolute Gasteiger partial charge is 0.232 e. The Morgan fingerprint density at radius 1 is 1.35 bits per heavy atom. The summed E-state index contributed by atoms with van der Waals surface area (Å²) in [7, 11) is -1.25. The van der Waals surface area contributed by atoms with E-state index in [4.69, 9.17) is 0 Å². The number of rotatable bonds is 4. The standard InChI is InChI=1S/C14H19NO3S2/c1-11-3-5-13(6-4-11)19-9-14(16)15(2)12-7-8-20(17,18)10-12/h3-6,12H,7-10H2,1-2H3. The molecule has 6 heteroatoms. The molecular formula is C14H19NO3S2. The molecule has 0 radical (unpaired) electrons. The zero-order chi connectivity index (χ0) is 14.8. The summed E-state index contributed by atoms with van der Waals surface area (Å²) in [6.45, 7) is 2.02. The van der Waals surface area contributed by atoms with E-state index in [1.54, 1.807) is 11.9 Å². The Balaban J connectivity index is 1.87. The molecule has 1 aliphatic rings. The predicted octanol–water partition coefficient (Wildman–Crippen LogP) is 1.73. The number of benzene rings is 1. The topological polar surface area (TPSA) is 54.5 Å². The van der Waals surface area contributed by atoms with Gasteiger partial charge in [0.25, 0.3) is 0 Å². The Labute approximate surface area is 124 Å². The van der Waals surface area contributed by atoms with E-state index >= 15 is 0 Å². The van der Waals surface area contributed by atoms with Crippen LogP contribution in [0.15, 0.2) is 29.2 Å². The molecule has 1 aliphatic heterocycles. The van der Waals surface area contributed by atoms with Crippen LogP contribution in [0.2, 0.25) is 0 Å². The van der Waals surface area contributed by atoms with Crippen molar-refractivity contribution in [3.05, 3.63) is 29.8 Å². The largest absolute Gasteiger partial charge is 0.341 e. The molecule has 0 bridgehead atoms. The van der Waals surface area contributed by atoms with Crippen LogP contribution in [0.1, 0.15) is 12.0 Å². The number of thioether (sulfide) groups is 1. The fourth-order valence-electron chi connectivity index (χ4n) is 2.17. The number of nitrogens with zero attached hydrogens (tertiary/aromatic N) is 1. The third kappa shape index (κ3) is 3.99. The van der Waals surface area contributed by atoms with E-state index in [9.17, 15) is 13.2 Å². The summed E-state index contributed by atoms with van der Waals surface area (Å²) in [6.07, 6.45) is 0.555. The van der Waals surface area contributed by atoms with Crippen molar-refractivity contribution in [1.82, 2.24) is 4.90 Å². The van der Waals surface area contributed by atoms with Gasteiger partial charge < -0.3 is 4.90 Å². The Kier molecular flexibility index (Phi) is 4.75. The third-order valence-electron chi connectivity index (χ3n) is 3.53. The molecule has 4 nitrogen and oxygen atoms in total. The molecule has 1 amide bonds. The van der Waals surface area contributed by atoms with Gasteiger partial charge in [-0.05, 0) is 25.5 Å². The van der Waals surface area contributed by atoms with Gasteiger partial charge >= 0.3 is 0 Å². The predicted molar refractivity (Wildman–Crippen MR) is 81.7 cm³/mol. The van der Waals surface area contributed by atoms with Gasteiger partial charge in [0.1, 0.15) is 0 Å². The number of carbonyl (C=O) groups excluding carboxylic acids is 1. The maximum Gasteiger partial charge on any atom is 0.232 e. The first-order valence-corrected chi connectivity index (χ1v) is 9.34. The van der Waals surface area contributed by atoms with Crippen molar-refractivity contribution in [1.29, 1.82) is 0 Å². The lowest BCUT2D eigenvalue weighted by atomic mass is 10.2. The van der Waals surface area contributed by atoms with Crippen LogP contribution in [-0.4, -0.2) is 49.6 Å². The van der Waals surface area contributed by atoms with Gasteiger partial charge in [0.2, 0.25) is 5.91 Å². The molecule has 110 valence electrons. The first-order chi connectivity index (χ1) is 9.37. The fraction of sp³-hybridized carbons (Fsp3) is 0.500. The van der Waals surface area contributed by atoms with E-state index < -0.39 is 9.84 Å². The maximum atomic E-state index is 12.1. The van der Waals surface area contributed by atoms with Gasteiger partial charge in [-0.25, -0.2) is 8.42 Å². The number of aryl methyl sites for hydroxylation is 1. The van der Waals surface area contributed by atoms with Gasteiger partial charge in [-0.3, -0.25) is 4.79 Å². The molecule has 0 saturated carbocycles. The van der Waals surface area contributed by atoms with Gasteiger partial charge in [-0.1, -0.05) is 17.7 Å². The number of hydrogen-bond acceptors (Lipinski definition) is 4. The third-order valence-corrected chi connectivity index (χ3v) is 6.28.